The Morgan fingerprint density at radius 1 is 1.30 bits per heavy atom. The van der Waals surface area contributed by atoms with Crippen molar-refractivity contribution in [1.82, 2.24) is 4.31 Å². The van der Waals surface area contributed by atoms with Crippen LogP contribution < -0.4 is 0 Å². The number of rotatable bonds is 7. The molecule has 0 spiro atoms. The highest BCUT2D eigenvalue weighted by Gasteiger charge is 2.41. The Kier molecular flexibility index (Phi) is 3.60. The molecule has 5 nitrogen and oxygen atoms in total. The van der Waals surface area contributed by atoms with Crippen molar-refractivity contribution in [1.29, 1.82) is 0 Å². The van der Waals surface area contributed by atoms with Gasteiger partial charge in [0.15, 0.2) is 0 Å². The molecule has 1 aromatic heterocycles. The molecule has 110 valence electrons. The van der Waals surface area contributed by atoms with E-state index in [0.717, 1.165) is 37.0 Å². The van der Waals surface area contributed by atoms with Crippen LogP contribution in [0.4, 0.5) is 0 Å². The van der Waals surface area contributed by atoms with Crippen LogP contribution in [0.25, 0.3) is 0 Å². The zero-order valence-electron chi connectivity index (χ0n) is 11.0. The minimum atomic E-state index is -3.45. The van der Waals surface area contributed by atoms with Crippen molar-refractivity contribution >= 4 is 27.3 Å². The highest BCUT2D eigenvalue weighted by atomic mass is 32.2. The molecule has 0 aromatic carbocycles. The second-order valence-corrected chi connectivity index (χ2v) is 8.83. The molecule has 2 aliphatic carbocycles. The topological polar surface area (TPSA) is 74.7 Å². The lowest BCUT2D eigenvalue weighted by molar-refractivity contribution is -0.136. The molecular formula is C13H17NO4S2. The number of carboxylic acids is 1. The molecule has 1 heterocycles. The third kappa shape index (κ3) is 3.05. The lowest BCUT2D eigenvalue weighted by atomic mass is 10.3. The van der Waals surface area contributed by atoms with Gasteiger partial charge in [-0.3, -0.25) is 4.79 Å². The first-order chi connectivity index (χ1) is 9.46. The van der Waals surface area contributed by atoms with E-state index in [9.17, 15) is 13.2 Å². The van der Waals surface area contributed by atoms with E-state index in [4.69, 9.17) is 5.11 Å². The number of aliphatic carboxylic acids is 1. The smallest absolute Gasteiger partial charge is 0.308 e. The van der Waals surface area contributed by atoms with E-state index in [1.54, 1.807) is 16.4 Å². The molecule has 0 amide bonds. The molecule has 0 radical (unpaired) electrons. The van der Waals surface area contributed by atoms with Gasteiger partial charge < -0.3 is 5.11 Å². The van der Waals surface area contributed by atoms with Gasteiger partial charge in [0.25, 0.3) is 10.0 Å². The van der Waals surface area contributed by atoms with E-state index in [1.165, 1.54) is 0 Å². The van der Waals surface area contributed by atoms with Crippen molar-refractivity contribution in [2.24, 2.45) is 5.92 Å². The summed E-state index contributed by atoms with van der Waals surface area (Å²) in [5.74, 6) is -0.420. The van der Waals surface area contributed by atoms with Crippen LogP contribution in [0.15, 0.2) is 16.3 Å². The molecular weight excluding hydrogens is 298 g/mol. The highest BCUT2D eigenvalue weighted by Crippen LogP contribution is 2.39. The maximum Gasteiger partial charge on any atom is 0.308 e. The van der Waals surface area contributed by atoms with E-state index in [1.807, 2.05) is 0 Å². The zero-order chi connectivity index (χ0) is 14.3. The van der Waals surface area contributed by atoms with E-state index >= 15 is 0 Å². The van der Waals surface area contributed by atoms with Gasteiger partial charge in [0, 0.05) is 17.5 Å². The Labute approximate surface area is 122 Å². The highest BCUT2D eigenvalue weighted by molar-refractivity contribution is 7.91. The van der Waals surface area contributed by atoms with Crippen LogP contribution in [0.5, 0.6) is 0 Å². The Morgan fingerprint density at radius 3 is 2.55 bits per heavy atom. The van der Waals surface area contributed by atoms with Gasteiger partial charge in [-0.1, -0.05) is 0 Å². The number of carbonyl (C=O) groups is 1. The SMILES string of the molecule is O=C(O)Cc1ccc(S(=O)(=O)N(CC2CC2)C2CC2)s1. The average Bonchev–Trinajstić information content (AvgIpc) is 3.26. The third-order valence-corrected chi connectivity index (χ3v) is 7.09. The quantitative estimate of drug-likeness (QED) is 0.834. The number of nitrogens with zero attached hydrogens (tertiary/aromatic N) is 1. The molecule has 1 aromatic rings. The minimum Gasteiger partial charge on any atom is -0.481 e. The average molecular weight is 315 g/mol. The van der Waals surface area contributed by atoms with E-state index in [-0.39, 0.29) is 16.7 Å². The number of hydrogen-bond acceptors (Lipinski definition) is 4. The molecule has 2 fully saturated rings. The predicted molar refractivity (Wildman–Crippen MR) is 75.3 cm³/mol. The normalized spacial score (nSPS) is 19.4. The number of sulfonamides is 1. The fourth-order valence-electron chi connectivity index (χ4n) is 2.22. The fraction of sp³-hybridized carbons (Fsp3) is 0.615. The van der Waals surface area contributed by atoms with Crippen LogP contribution in [0.2, 0.25) is 0 Å². The Morgan fingerprint density at radius 2 is 2.00 bits per heavy atom. The molecule has 0 atom stereocenters. The summed E-state index contributed by atoms with van der Waals surface area (Å²) in [6.07, 6.45) is 4.01. The lowest BCUT2D eigenvalue weighted by Gasteiger charge is -2.20. The fourth-order valence-corrected chi connectivity index (χ4v) is 5.45. The third-order valence-electron chi connectivity index (χ3n) is 3.61. The molecule has 7 heteroatoms. The zero-order valence-corrected chi connectivity index (χ0v) is 12.6. The molecule has 0 aliphatic heterocycles. The van der Waals surface area contributed by atoms with Crippen molar-refractivity contribution in [3.05, 3.63) is 17.0 Å². The summed E-state index contributed by atoms with van der Waals surface area (Å²) < 4.78 is 27.2. The van der Waals surface area contributed by atoms with Crippen LogP contribution >= 0.6 is 11.3 Å². The van der Waals surface area contributed by atoms with Crippen molar-refractivity contribution in [3.8, 4) is 0 Å². The van der Waals surface area contributed by atoms with E-state index < -0.39 is 16.0 Å². The van der Waals surface area contributed by atoms with Crippen molar-refractivity contribution in [3.63, 3.8) is 0 Å². The van der Waals surface area contributed by atoms with Gasteiger partial charge in [0.1, 0.15) is 4.21 Å². The van der Waals surface area contributed by atoms with Crippen LogP contribution in [0.1, 0.15) is 30.6 Å². The predicted octanol–water partition coefficient (Wildman–Crippen LogP) is 1.94. The Hall–Kier alpha value is -0.920. The summed E-state index contributed by atoms with van der Waals surface area (Å²) in [6.45, 7) is 0.624. The summed E-state index contributed by atoms with van der Waals surface area (Å²) in [6, 6.07) is 3.31. The minimum absolute atomic E-state index is 0.119. The van der Waals surface area contributed by atoms with Crippen LogP contribution in [0, 0.1) is 5.92 Å². The summed E-state index contributed by atoms with van der Waals surface area (Å²) in [5.41, 5.74) is 0. The van der Waals surface area contributed by atoms with Crippen LogP contribution in [-0.4, -0.2) is 36.4 Å². The van der Waals surface area contributed by atoms with Gasteiger partial charge in [-0.25, -0.2) is 8.42 Å². The van der Waals surface area contributed by atoms with E-state index in [0.29, 0.717) is 17.3 Å². The number of hydrogen-bond donors (Lipinski definition) is 1. The van der Waals surface area contributed by atoms with Gasteiger partial charge in [-0.15, -0.1) is 11.3 Å². The summed E-state index contributed by atoms with van der Waals surface area (Å²) in [5, 5.41) is 8.76. The second-order valence-electron chi connectivity index (χ2n) is 5.54. The van der Waals surface area contributed by atoms with Gasteiger partial charge >= 0.3 is 5.97 Å². The monoisotopic (exact) mass is 315 g/mol. The molecule has 0 bridgehead atoms. The summed E-state index contributed by atoms with van der Waals surface area (Å²) >= 11 is 1.08. The van der Waals surface area contributed by atoms with Crippen molar-refractivity contribution in [2.75, 3.05) is 6.54 Å². The lowest BCUT2D eigenvalue weighted by Crippen LogP contribution is -2.34. The molecule has 0 saturated heterocycles. The van der Waals surface area contributed by atoms with Crippen molar-refractivity contribution < 1.29 is 18.3 Å². The molecule has 2 aliphatic rings. The molecule has 2 saturated carbocycles. The number of carboxylic acid groups (broad SMARTS) is 1. The molecule has 1 N–H and O–H groups in total. The first kappa shape index (κ1) is 14.0. The Bertz CT molecular complexity index is 614. The largest absolute Gasteiger partial charge is 0.481 e. The molecule has 0 unspecified atom stereocenters. The van der Waals surface area contributed by atoms with Crippen molar-refractivity contribution in [2.45, 2.75) is 42.4 Å². The van der Waals surface area contributed by atoms with Crippen LogP contribution in [0.3, 0.4) is 0 Å². The standard InChI is InChI=1S/C13H17NO4S2/c15-12(16)7-11-5-6-13(19-11)20(17,18)14(10-3-4-10)8-9-1-2-9/h5-6,9-10H,1-4,7-8H2,(H,15,16). The first-order valence-corrected chi connectivity index (χ1v) is 9.05. The maximum atomic E-state index is 12.7. The molecule has 20 heavy (non-hydrogen) atoms. The summed E-state index contributed by atoms with van der Waals surface area (Å²) in [4.78, 5) is 11.3. The second kappa shape index (κ2) is 5.13. The molecule has 3 rings (SSSR count). The van der Waals surface area contributed by atoms with Gasteiger partial charge in [-0.05, 0) is 43.7 Å². The summed E-state index contributed by atoms with van der Waals surface area (Å²) in [7, 11) is -3.45. The van der Waals surface area contributed by atoms with Crippen LogP contribution in [-0.2, 0) is 21.2 Å². The van der Waals surface area contributed by atoms with Gasteiger partial charge in [-0.2, -0.15) is 4.31 Å². The number of thiophene rings is 1. The van der Waals surface area contributed by atoms with Gasteiger partial charge in [0.05, 0.1) is 6.42 Å². The van der Waals surface area contributed by atoms with Gasteiger partial charge in [0.2, 0.25) is 0 Å². The maximum absolute atomic E-state index is 12.7. The first-order valence-electron chi connectivity index (χ1n) is 6.79. The Balaban J connectivity index is 1.81. The van der Waals surface area contributed by atoms with E-state index in [2.05, 4.69) is 0 Å².